The van der Waals surface area contributed by atoms with E-state index in [1.807, 2.05) is 13.8 Å². The van der Waals surface area contributed by atoms with Crippen LogP contribution in [0.1, 0.15) is 54.4 Å². The minimum absolute atomic E-state index is 0.0168. The minimum Gasteiger partial charge on any atom is -0.480 e. The number of rotatable bonds is 9. The zero-order valence-electron chi connectivity index (χ0n) is 21.5. The van der Waals surface area contributed by atoms with Gasteiger partial charge in [0.2, 0.25) is 11.8 Å². The maximum absolute atomic E-state index is 13.2. The van der Waals surface area contributed by atoms with Crippen LogP contribution in [-0.2, 0) is 19.2 Å². The van der Waals surface area contributed by atoms with Crippen molar-refractivity contribution in [3.05, 3.63) is 24.3 Å². The highest BCUT2D eigenvalue weighted by molar-refractivity contribution is 5.94. The third-order valence-corrected chi connectivity index (χ3v) is 5.74. The summed E-state index contributed by atoms with van der Waals surface area (Å²) < 4.78 is 0. The summed E-state index contributed by atoms with van der Waals surface area (Å²) in [5, 5.41) is 19.9. The van der Waals surface area contributed by atoms with E-state index in [1.165, 1.54) is 6.08 Å². The predicted octanol–water partition coefficient (Wildman–Crippen LogP) is 1.77. The van der Waals surface area contributed by atoms with Gasteiger partial charge in [-0.05, 0) is 24.2 Å². The number of hydrogen-bond donors (Lipinski definition) is 5. The molecule has 10 nitrogen and oxygen atoms in total. The normalized spacial score (nSPS) is 22.8. The topological polar surface area (TPSA) is 154 Å². The van der Waals surface area contributed by atoms with Gasteiger partial charge in [0.1, 0.15) is 6.04 Å². The third kappa shape index (κ3) is 10.3. The molecule has 0 unspecified atom stereocenters. The summed E-state index contributed by atoms with van der Waals surface area (Å²) in [6.45, 7) is 11.1. The Hall–Kier alpha value is -3.17. The summed E-state index contributed by atoms with van der Waals surface area (Å²) >= 11 is 0. The van der Waals surface area contributed by atoms with E-state index in [-0.39, 0.29) is 41.8 Å². The molecule has 0 aromatic carbocycles. The molecule has 5 N–H and O–H groups in total. The molecule has 0 aromatic heterocycles. The molecule has 1 rings (SSSR count). The van der Waals surface area contributed by atoms with Gasteiger partial charge in [-0.25, -0.2) is 9.59 Å². The SMILES string of the molecule is CC(C)[C@H](NC(=O)N[C@H](C(=O)C[C@H]1/C=C/CCNC(=O)/C=C/[C@H](C(C)C)NC1=O)C(C)C)C(=O)O. The number of ketones is 1. The lowest BCUT2D eigenvalue weighted by Crippen LogP contribution is -2.54. The quantitative estimate of drug-likeness (QED) is 0.309. The van der Waals surface area contributed by atoms with Crippen LogP contribution in [0.15, 0.2) is 24.3 Å². The highest BCUT2D eigenvalue weighted by Gasteiger charge is 2.31. The monoisotopic (exact) mass is 492 g/mol. The van der Waals surface area contributed by atoms with E-state index >= 15 is 0 Å². The van der Waals surface area contributed by atoms with Gasteiger partial charge in [-0.15, -0.1) is 0 Å². The first-order chi connectivity index (χ1) is 16.3. The molecule has 1 aliphatic heterocycles. The molecule has 0 saturated carbocycles. The molecule has 196 valence electrons. The number of Topliss-reactive ketones (excluding diaryl/α,β-unsaturated/α-hetero) is 1. The molecular formula is C25H40N4O6. The number of carbonyl (C=O) groups excluding carboxylic acids is 4. The van der Waals surface area contributed by atoms with E-state index in [2.05, 4.69) is 21.3 Å². The van der Waals surface area contributed by atoms with Crippen LogP contribution in [-0.4, -0.2) is 59.4 Å². The molecule has 1 heterocycles. The Morgan fingerprint density at radius 3 is 2.14 bits per heavy atom. The van der Waals surface area contributed by atoms with Crippen LogP contribution < -0.4 is 21.3 Å². The van der Waals surface area contributed by atoms with E-state index in [4.69, 9.17) is 0 Å². The Bertz CT molecular complexity index is 834. The zero-order valence-corrected chi connectivity index (χ0v) is 21.5. The largest absolute Gasteiger partial charge is 0.480 e. The van der Waals surface area contributed by atoms with Crippen molar-refractivity contribution in [1.82, 2.24) is 21.3 Å². The van der Waals surface area contributed by atoms with Gasteiger partial charge in [0.25, 0.3) is 0 Å². The summed E-state index contributed by atoms with van der Waals surface area (Å²) in [5.74, 6) is -3.46. The van der Waals surface area contributed by atoms with Gasteiger partial charge in [-0.1, -0.05) is 59.8 Å². The molecule has 4 amide bonds. The Labute approximate surface area is 207 Å². The van der Waals surface area contributed by atoms with Crippen LogP contribution in [0, 0.1) is 23.7 Å². The fraction of sp³-hybridized carbons (Fsp3) is 0.640. The molecule has 0 bridgehead atoms. The molecule has 35 heavy (non-hydrogen) atoms. The first-order valence-corrected chi connectivity index (χ1v) is 12.1. The van der Waals surface area contributed by atoms with Crippen molar-refractivity contribution < 1.29 is 29.1 Å². The van der Waals surface area contributed by atoms with E-state index in [9.17, 15) is 29.1 Å². The molecule has 0 saturated heterocycles. The Morgan fingerprint density at radius 2 is 1.60 bits per heavy atom. The second-order valence-electron chi connectivity index (χ2n) is 9.82. The van der Waals surface area contributed by atoms with Crippen LogP contribution >= 0.6 is 0 Å². The summed E-state index contributed by atoms with van der Waals surface area (Å²) in [6, 6.07) is -3.15. The van der Waals surface area contributed by atoms with Crippen LogP contribution in [0.2, 0.25) is 0 Å². The molecule has 1 aliphatic rings. The molecule has 4 atom stereocenters. The predicted molar refractivity (Wildman–Crippen MR) is 132 cm³/mol. The van der Waals surface area contributed by atoms with Crippen LogP contribution in [0.3, 0.4) is 0 Å². The van der Waals surface area contributed by atoms with E-state index in [0.29, 0.717) is 13.0 Å². The fourth-order valence-corrected chi connectivity index (χ4v) is 3.55. The van der Waals surface area contributed by atoms with Gasteiger partial charge in [0.05, 0.1) is 12.0 Å². The van der Waals surface area contributed by atoms with Crippen molar-refractivity contribution in [3.8, 4) is 0 Å². The van der Waals surface area contributed by atoms with Gasteiger partial charge in [0.15, 0.2) is 5.78 Å². The third-order valence-electron chi connectivity index (χ3n) is 5.74. The lowest BCUT2D eigenvalue weighted by atomic mass is 9.91. The van der Waals surface area contributed by atoms with Crippen molar-refractivity contribution in [2.24, 2.45) is 23.7 Å². The summed E-state index contributed by atoms with van der Waals surface area (Å²) in [6.07, 6.45) is 6.79. The molecule has 0 radical (unpaired) electrons. The maximum Gasteiger partial charge on any atom is 0.326 e. The molecular weight excluding hydrogens is 452 g/mol. The average molecular weight is 493 g/mol. The highest BCUT2D eigenvalue weighted by Crippen LogP contribution is 2.15. The van der Waals surface area contributed by atoms with E-state index in [0.717, 1.165) is 0 Å². The highest BCUT2D eigenvalue weighted by atomic mass is 16.4. The number of carbonyl (C=O) groups is 5. The van der Waals surface area contributed by atoms with Crippen LogP contribution in [0.25, 0.3) is 0 Å². The lowest BCUT2D eigenvalue weighted by molar-refractivity contribution is -0.140. The van der Waals surface area contributed by atoms with E-state index < -0.39 is 36.0 Å². The van der Waals surface area contributed by atoms with Crippen molar-refractivity contribution >= 4 is 29.6 Å². The number of carboxylic acid groups (broad SMARTS) is 1. The number of nitrogens with one attached hydrogen (secondary N) is 4. The minimum atomic E-state index is -1.16. The summed E-state index contributed by atoms with van der Waals surface area (Å²) in [5.41, 5.74) is 0. The smallest absolute Gasteiger partial charge is 0.326 e. The molecule has 10 heteroatoms. The van der Waals surface area contributed by atoms with Gasteiger partial charge in [-0.3, -0.25) is 14.4 Å². The Kier molecular flexibility index (Phi) is 12.2. The van der Waals surface area contributed by atoms with Crippen molar-refractivity contribution in [1.29, 1.82) is 0 Å². The number of aliphatic carboxylic acids is 1. The van der Waals surface area contributed by atoms with Crippen molar-refractivity contribution in [2.45, 2.75) is 72.5 Å². The van der Waals surface area contributed by atoms with Gasteiger partial charge in [-0.2, -0.15) is 0 Å². The second-order valence-corrected chi connectivity index (χ2v) is 9.82. The lowest BCUT2D eigenvalue weighted by Gasteiger charge is -2.26. The van der Waals surface area contributed by atoms with Crippen molar-refractivity contribution in [2.75, 3.05) is 6.54 Å². The second kappa shape index (κ2) is 14.3. The fourth-order valence-electron chi connectivity index (χ4n) is 3.55. The number of hydrogen-bond acceptors (Lipinski definition) is 5. The Morgan fingerprint density at radius 1 is 1.00 bits per heavy atom. The molecule has 0 aliphatic carbocycles. The maximum atomic E-state index is 13.2. The number of amides is 4. The molecule has 0 fully saturated rings. The summed E-state index contributed by atoms with van der Waals surface area (Å²) in [7, 11) is 0. The zero-order chi connectivity index (χ0) is 26.7. The number of urea groups is 1. The Balaban J connectivity index is 3.01. The average Bonchev–Trinajstić information content (AvgIpc) is 2.75. The van der Waals surface area contributed by atoms with Gasteiger partial charge in [0, 0.05) is 25.1 Å². The van der Waals surface area contributed by atoms with Crippen LogP contribution in [0.5, 0.6) is 0 Å². The first kappa shape index (κ1) is 29.9. The van der Waals surface area contributed by atoms with Gasteiger partial charge >= 0.3 is 12.0 Å². The van der Waals surface area contributed by atoms with Crippen LogP contribution in [0.4, 0.5) is 4.79 Å². The van der Waals surface area contributed by atoms with Gasteiger partial charge < -0.3 is 26.4 Å². The molecule has 0 spiro atoms. The summed E-state index contributed by atoms with van der Waals surface area (Å²) in [4.78, 5) is 62.0. The van der Waals surface area contributed by atoms with Crippen molar-refractivity contribution in [3.63, 3.8) is 0 Å². The number of carboxylic acids is 1. The molecule has 0 aromatic rings. The van der Waals surface area contributed by atoms with E-state index in [1.54, 1.807) is 45.9 Å². The first-order valence-electron chi connectivity index (χ1n) is 12.1. The standard InChI is InChI=1S/C25H40N4O6/c1-14(2)18-10-11-20(31)26-12-8-7-9-17(23(32)27-18)13-19(30)21(15(3)4)28-25(35)29-22(16(5)6)24(33)34/h7,9-11,14-18,21-22H,8,12-13H2,1-6H3,(H,26,31)(H,27,32)(H,33,34)(H2,28,29,35)/b9-7+,11-10+/t17-,18-,21+,22+/m1/s1.